The number of pyridine rings is 1. The minimum Gasteiger partial charge on any atom is -0.481 e. The zero-order valence-corrected chi connectivity index (χ0v) is 11.7. The predicted molar refractivity (Wildman–Crippen MR) is 73.1 cm³/mol. The number of aromatic nitrogens is 1. The first-order valence-corrected chi connectivity index (χ1v) is 6.64. The highest BCUT2D eigenvalue weighted by molar-refractivity contribution is 5.76. The summed E-state index contributed by atoms with van der Waals surface area (Å²) >= 11 is 0. The van der Waals surface area contributed by atoms with E-state index in [1.165, 1.54) is 0 Å². The predicted octanol–water partition coefficient (Wildman–Crippen LogP) is 1.25. The summed E-state index contributed by atoms with van der Waals surface area (Å²) in [4.78, 5) is 28.4. The number of urea groups is 1. The second kappa shape index (κ2) is 5.90. The smallest absolute Gasteiger partial charge is 0.317 e. The second-order valence-corrected chi connectivity index (χ2v) is 5.25. The fourth-order valence-electron chi connectivity index (χ4n) is 2.16. The highest BCUT2D eigenvalue weighted by Gasteiger charge is 2.37. The molecule has 0 radical (unpaired) electrons. The van der Waals surface area contributed by atoms with E-state index in [2.05, 4.69) is 10.3 Å². The third-order valence-electron chi connectivity index (χ3n) is 3.87. The van der Waals surface area contributed by atoms with E-state index in [1.807, 2.05) is 13.0 Å². The molecule has 1 unspecified atom stereocenters. The third-order valence-corrected chi connectivity index (χ3v) is 3.87. The summed E-state index contributed by atoms with van der Waals surface area (Å²) < 4.78 is 0. The lowest BCUT2D eigenvalue weighted by Gasteiger charge is -2.41. The number of hydrogen-bond donors (Lipinski definition) is 2. The van der Waals surface area contributed by atoms with Crippen molar-refractivity contribution >= 4 is 12.0 Å². The van der Waals surface area contributed by atoms with Crippen molar-refractivity contribution in [2.75, 3.05) is 13.1 Å². The molecule has 0 aromatic carbocycles. The van der Waals surface area contributed by atoms with Gasteiger partial charge in [0.1, 0.15) is 0 Å². The van der Waals surface area contributed by atoms with Crippen LogP contribution in [0.3, 0.4) is 0 Å². The molecule has 1 aromatic rings. The van der Waals surface area contributed by atoms with E-state index < -0.39 is 11.9 Å². The number of aliphatic carboxylic acids is 1. The van der Waals surface area contributed by atoms with E-state index in [1.54, 1.807) is 24.2 Å². The van der Waals surface area contributed by atoms with Crippen LogP contribution in [0.25, 0.3) is 0 Å². The number of carbonyl (C=O) groups excluding carboxylic acids is 1. The van der Waals surface area contributed by atoms with E-state index >= 15 is 0 Å². The molecule has 1 fully saturated rings. The van der Waals surface area contributed by atoms with Crippen LogP contribution >= 0.6 is 0 Å². The fourth-order valence-corrected chi connectivity index (χ4v) is 2.16. The summed E-state index contributed by atoms with van der Waals surface area (Å²) in [6, 6.07) is 1.75. The summed E-state index contributed by atoms with van der Waals surface area (Å²) in [6.45, 7) is 5.10. The zero-order chi connectivity index (χ0) is 14.7. The molecule has 1 atom stereocenters. The van der Waals surface area contributed by atoms with Gasteiger partial charge in [0, 0.05) is 37.9 Å². The van der Waals surface area contributed by atoms with Gasteiger partial charge < -0.3 is 15.3 Å². The van der Waals surface area contributed by atoms with E-state index in [4.69, 9.17) is 5.11 Å². The number of nitrogens with one attached hydrogen (secondary N) is 1. The van der Waals surface area contributed by atoms with Crippen molar-refractivity contribution in [1.29, 1.82) is 0 Å². The molecular weight excluding hydrogens is 258 g/mol. The Morgan fingerprint density at radius 2 is 2.25 bits per heavy atom. The van der Waals surface area contributed by atoms with Crippen LogP contribution in [-0.4, -0.2) is 40.1 Å². The maximum Gasteiger partial charge on any atom is 0.317 e. The topological polar surface area (TPSA) is 82.5 Å². The van der Waals surface area contributed by atoms with Crippen LogP contribution in [0, 0.1) is 18.8 Å². The molecule has 20 heavy (non-hydrogen) atoms. The van der Waals surface area contributed by atoms with E-state index in [0.29, 0.717) is 19.6 Å². The molecule has 2 amide bonds. The standard InChI is InChI=1S/C14H19N3O3/c1-9-3-4-15-5-11(9)6-16-14(20)17-7-12(8-17)10(2)13(18)19/h3-5,10,12H,6-8H2,1-2H3,(H,16,20)(H,18,19). The molecule has 6 nitrogen and oxygen atoms in total. The number of hydrogen-bond acceptors (Lipinski definition) is 3. The van der Waals surface area contributed by atoms with Crippen LogP contribution in [0.4, 0.5) is 4.79 Å². The summed E-state index contributed by atoms with van der Waals surface area (Å²) in [5.74, 6) is -1.15. The molecule has 2 rings (SSSR count). The van der Waals surface area contributed by atoms with Crippen LogP contribution in [0.1, 0.15) is 18.1 Å². The van der Waals surface area contributed by atoms with Crippen molar-refractivity contribution in [1.82, 2.24) is 15.2 Å². The summed E-state index contributed by atoms with van der Waals surface area (Å²) in [7, 11) is 0. The molecular formula is C14H19N3O3. The van der Waals surface area contributed by atoms with Crippen molar-refractivity contribution in [3.8, 4) is 0 Å². The van der Waals surface area contributed by atoms with Gasteiger partial charge in [-0.05, 0) is 24.1 Å². The molecule has 2 N–H and O–H groups in total. The van der Waals surface area contributed by atoms with Gasteiger partial charge in [-0.3, -0.25) is 9.78 Å². The lowest BCUT2D eigenvalue weighted by atomic mass is 9.87. The molecule has 0 spiro atoms. The summed E-state index contributed by atoms with van der Waals surface area (Å²) in [5, 5.41) is 11.7. The Bertz CT molecular complexity index is 512. The minimum atomic E-state index is -0.805. The maximum atomic E-state index is 11.9. The first-order valence-electron chi connectivity index (χ1n) is 6.64. The van der Waals surface area contributed by atoms with Crippen LogP contribution in [0.5, 0.6) is 0 Å². The van der Waals surface area contributed by atoms with E-state index in [0.717, 1.165) is 11.1 Å². The highest BCUT2D eigenvalue weighted by Crippen LogP contribution is 2.23. The molecule has 1 aromatic heterocycles. The normalized spacial score (nSPS) is 16.4. The maximum absolute atomic E-state index is 11.9. The minimum absolute atomic E-state index is 0.0541. The van der Waals surface area contributed by atoms with Gasteiger partial charge in [-0.2, -0.15) is 0 Å². The molecule has 2 heterocycles. The number of carbonyl (C=O) groups is 2. The van der Waals surface area contributed by atoms with Gasteiger partial charge in [-0.15, -0.1) is 0 Å². The first kappa shape index (κ1) is 14.3. The number of aryl methyl sites for hydroxylation is 1. The fraction of sp³-hybridized carbons (Fsp3) is 0.500. The Hall–Kier alpha value is -2.11. The molecule has 108 valence electrons. The Balaban J connectivity index is 1.78. The Kier molecular flexibility index (Phi) is 4.22. The van der Waals surface area contributed by atoms with Crippen LogP contribution in [0.15, 0.2) is 18.5 Å². The molecule has 6 heteroatoms. The van der Waals surface area contributed by atoms with E-state index in [-0.39, 0.29) is 11.9 Å². The van der Waals surface area contributed by atoms with Gasteiger partial charge in [0.25, 0.3) is 0 Å². The Morgan fingerprint density at radius 3 is 2.85 bits per heavy atom. The number of amides is 2. The first-order chi connectivity index (χ1) is 9.49. The monoisotopic (exact) mass is 277 g/mol. The van der Waals surface area contributed by atoms with Gasteiger partial charge >= 0.3 is 12.0 Å². The van der Waals surface area contributed by atoms with Gasteiger partial charge in [-0.1, -0.05) is 6.92 Å². The highest BCUT2D eigenvalue weighted by atomic mass is 16.4. The van der Waals surface area contributed by atoms with Crippen molar-refractivity contribution in [3.05, 3.63) is 29.6 Å². The molecule has 0 bridgehead atoms. The second-order valence-electron chi connectivity index (χ2n) is 5.25. The summed E-state index contributed by atoms with van der Waals surface area (Å²) in [5.41, 5.74) is 2.07. The molecule has 1 aliphatic heterocycles. The van der Waals surface area contributed by atoms with Gasteiger partial charge in [0.15, 0.2) is 0 Å². The SMILES string of the molecule is Cc1ccncc1CNC(=O)N1CC(C(C)C(=O)O)C1. The quantitative estimate of drug-likeness (QED) is 0.867. The number of carboxylic acids is 1. The van der Waals surface area contributed by atoms with Crippen LogP contribution in [0.2, 0.25) is 0 Å². The number of carboxylic acid groups (broad SMARTS) is 1. The average molecular weight is 277 g/mol. The van der Waals surface area contributed by atoms with Gasteiger partial charge in [0.05, 0.1) is 5.92 Å². The van der Waals surface area contributed by atoms with Crippen molar-refractivity contribution in [2.45, 2.75) is 20.4 Å². The van der Waals surface area contributed by atoms with Crippen molar-refractivity contribution < 1.29 is 14.7 Å². The van der Waals surface area contributed by atoms with Gasteiger partial charge in [-0.25, -0.2) is 4.79 Å². The average Bonchev–Trinajstić information content (AvgIpc) is 2.35. The number of rotatable bonds is 4. The van der Waals surface area contributed by atoms with Crippen molar-refractivity contribution in [2.24, 2.45) is 11.8 Å². The third kappa shape index (κ3) is 3.07. The number of nitrogens with zero attached hydrogens (tertiary/aromatic N) is 2. The lowest BCUT2D eigenvalue weighted by Crippen LogP contribution is -2.56. The Labute approximate surface area is 117 Å². The molecule has 1 aliphatic rings. The summed E-state index contributed by atoms with van der Waals surface area (Å²) in [6.07, 6.45) is 3.45. The van der Waals surface area contributed by atoms with Gasteiger partial charge in [0.2, 0.25) is 0 Å². The molecule has 1 saturated heterocycles. The Morgan fingerprint density at radius 1 is 1.55 bits per heavy atom. The van der Waals surface area contributed by atoms with E-state index in [9.17, 15) is 9.59 Å². The largest absolute Gasteiger partial charge is 0.481 e. The van der Waals surface area contributed by atoms with Crippen LogP contribution < -0.4 is 5.32 Å². The number of likely N-dealkylation sites (tertiary alicyclic amines) is 1. The molecule has 0 saturated carbocycles. The molecule has 0 aliphatic carbocycles. The van der Waals surface area contributed by atoms with Crippen LogP contribution in [-0.2, 0) is 11.3 Å². The lowest BCUT2D eigenvalue weighted by molar-refractivity contribution is -0.144. The zero-order valence-electron chi connectivity index (χ0n) is 11.7. The van der Waals surface area contributed by atoms with Crippen molar-refractivity contribution in [3.63, 3.8) is 0 Å².